The zero-order valence-corrected chi connectivity index (χ0v) is 24.2. The maximum absolute atomic E-state index is 13.1. The lowest BCUT2D eigenvalue weighted by Crippen LogP contribution is -2.50. The SMILES string of the molecule is CCCCOc1ccccc1C(=O)Nc1ccc(CC(=O)OCC(C(=O)OCC)(C(=O)OCC)c2ccccc2)cc1. The van der Waals surface area contributed by atoms with Gasteiger partial charge in [0.25, 0.3) is 5.91 Å². The van der Waals surface area contributed by atoms with Crippen LogP contribution in [0.4, 0.5) is 5.69 Å². The van der Waals surface area contributed by atoms with E-state index in [0.717, 1.165) is 12.8 Å². The molecule has 0 atom stereocenters. The summed E-state index contributed by atoms with van der Waals surface area (Å²) in [7, 11) is 0. The molecule has 3 aromatic rings. The lowest BCUT2D eigenvalue weighted by molar-refractivity contribution is -0.170. The van der Waals surface area contributed by atoms with Gasteiger partial charge in [-0.1, -0.05) is 67.9 Å². The van der Waals surface area contributed by atoms with E-state index in [1.165, 1.54) is 0 Å². The third-order valence-electron chi connectivity index (χ3n) is 6.41. The van der Waals surface area contributed by atoms with E-state index in [1.54, 1.807) is 86.6 Å². The van der Waals surface area contributed by atoms with Crippen LogP contribution in [0.1, 0.15) is 55.1 Å². The van der Waals surface area contributed by atoms with E-state index in [4.69, 9.17) is 18.9 Å². The summed E-state index contributed by atoms with van der Waals surface area (Å²) in [6.45, 7) is 5.31. The molecule has 0 saturated carbocycles. The number of benzene rings is 3. The first-order valence-corrected chi connectivity index (χ1v) is 14.0. The molecule has 0 aliphatic rings. The van der Waals surface area contributed by atoms with Crippen LogP contribution in [0.15, 0.2) is 78.9 Å². The molecular formula is C33H37NO8. The first kappa shape index (κ1) is 31.9. The monoisotopic (exact) mass is 575 g/mol. The van der Waals surface area contributed by atoms with Gasteiger partial charge in [0.1, 0.15) is 12.4 Å². The molecule has 0 saturated heterocycles. The van der Waals surface area contributed by atoms with Crippen LogP contribution in [0.3, 0.4) is 0 Å². The van der Waals surface area contributed by atoms with Crippen molar-refractivity contribution in [3.8, 4) is 5.75 Å². The van der Waals surface area contributed by atoms with Crippen LogP contribution >= 0.6 is 0 Å². The van der Waals surface area contributed by atoms with Crippen molar-refractivity contribution in [2.24, 2.45) is 0 Å². The molecule has 0 spiro atoms. The van der Waals surface area contributed by atoms with E-state index >= 15 is 0 Å². The van der Waals surface area contributed by atoms with Gasteiger partial charge in [0.15, 0.2) is 0 Å². The van der Waals surface area contributed by atoms with Gasteiger partial charge in [-0.05, 0) is 55.7 Å². The van der Waals surface area contributed by atoms with E-state index in [9.17, 15) is 19.2 Å². The zero-order chi connectivity index (χ0) is 30.4. The summed E-state index contributed by atoms with van der Waals surface area (Å²) < 4.78 is 21.7. The van der Waals surface area contributed by atoms with Crippen molar-refractivity contribution in [2.75, 3.05) is 31.7 Å². The van der Waals surface area contributed by atoms with Crippen molar-refractivity contribution in [2.45, 2.75) is 45.4 Å². The molecule has 1 N–H and O–H groups in total. The Morgan fingerprint density at radius 2 is 1.36 bits per heavy atom. The number of rotatable bonds is 15. The van der Waals surface area contributed by atoms with Crippen LogP contribution in [-0.4, -0.2) is 50.2 Å². The standard InChI is InChI=1S/C33H37NO8/c1-4-7-21-41-28-16-12-11-15-27(28)30(36)34-26-19-17-24(18-20-26)22-29(35)42-23-33(31(37)39-5-2,32(38)40-6-3)25-13-9-8-10-14-25/h8-20H,4-7,21-23H2,1-3H3,(H,34,36). The lowest BCUT2D eigenvalue weighted by atomic mass is 9.81. The Morgan fingerprint density at radius 3 is 1.98 bits per heavy atom. The molecule has 0 aliphatic carbocycles. The van der Waals surface area contributed by atoms with E-state index < -0.39 is 29.9 Å². The Labute approximate surface area is 246 Å². The van der Waals surface area contributed by atoms with Crippen LogP contribution < -0.4 is 10.1 Å². The van der Waals surface area contributed by atoms with Crippen molar-refractivity contribution in [1.29, 1.82) is 0 Å². The van der Waals surface area contributed by atoms with Gasteiger partial charge in [0.2, 0.25) is 5.41 Å². The average molecular weight is 576 g/mol. The van der Waals surface area contributed by atoms with Crippen molar-refractivity contribution in [3.05, 3.63) is 95.6 Å². The largest absolute Gasteiger partial charge is 0.493 e. The summed E-state index contributed by atoms with van der Waals surface area (Å²) >= 11 is 0. The molecule has 9 heteroatoms. The molecule has 0 aromatic heterocycles. The van der Waals surface area contributed by atoms with E-state index in [-0.39, 0.29) is 25.5 Å². The Kier molecular flexibility index (Phi) is 12.1. The van der Waals surface area contributed by atoms with Gasteiger partial charge in [-0.25, -0.2) is 0 Å². The van der Waals surface area contributed by atoms with E-state index in [0.29, 0.717) is 34.7 Å². The maximum atomic E-state index is 13.1. The third-order valence-corrected chi connectivity index (χ3v) is 6.41. The number of esters is 3. The predicted octanol–water partition coefficient (Wildman–Crippen LogP) is 5.27. The smallest absolute Gasteiger partial charge is 0.331 e. The fourth-order valence-corrected chi connectivity index (χ4v) is 4.17. The molecule has 222 valence electrons. The molecule has 9 nitrogen and oxygen atoms in total. The van der Waals surface area contributed by atoms with Gasteiger partial charge in [0, 0.05) is 5.69 Å². The second-order valence-corrected chi connectivity index (χ2v) is 9.40. The normalized spacial score (nSPS) is 10.8. The van der Waals surface area contributed by atoms with Crippen LogP contribution in [0.2, 0.25) is 0 Å². The minimum absolute atomic E-state index is 0.0289. The molecule has 42 heavy (non-hydrogen) atoms. The Balaban J connectivity index is 1.68. The van der Waals surface area contributed by atoms with Crippen molar-refractivity contribution in [3.63, 3.8) is 0 Å². The van der Waals surface area contributed by atoms with Gasteiger partial charge in [-0.3, -0.25) is 19.2 Å². The summed E-state index contributed by atoms with van der Waals surface area (Å²) in [5, 5.41) is 2.84. The Morgan fingerprint density at radius 1 is 0.738 bits per heavy atom. The van der Waals surface area contributed by atoms with Gasteiger partial charge in [0.05, 0.1) is 31.8 Å². The first-order valence-electron chi connectivity index (χ1n) is 14.0. The molecule has 0 radical (unpaired) electrons. The van der Waals surface area contributed by atoms with Gasteiger partial charge in [-0.2, -0.15) is 0 Å². The Bertz CT molecular complexity index is 1320. The highest BCUT2D eigenvalue weighted by Crippen LogP contribution is 2.29. The number of para-hydroxylation sites is 1. The third kappa shape index (κ3) is 8.19. The number of carbonyl (C=O) groups excluding carboxylic acids is 4. The minimum atomic E-state index is -1.96. The highest BCUT2D eigenvalue weighted by molar-refractivity contribution is 6.07. The van der Waals surface area contributed by atoms with Crippen molar-refractivity contribution >= 4 is 29.5 Å². The van der Waals surface area contributed by atoms with Crippen LogP contribution in [-0.2, 0) is 40.4 Å². The number of hydrogen-bond donors (Lipinski definition) is 1. The lowest BCUT2D eigenvalue weighted by Gasteiger charge is -2.29. The molecule has 0 aliphatic heterocycles. The second kappa shape index (κ2) is 16.0. The molecule has 3 aromatic carbocycles. The number of amides is 1. The molecule has 3 rings (SSSR count). The minimum Gasteiger partial charge on any atom is -0.493 e. The summed E-state index contributed by atoms with van der Waals surface area (Å²) in [4.78, 5) is 51.9. The second-order valence-electron chi connectivity index (χ2n) is 9.40. The fourth-order valence-electron chi connectivity index (χ4n) is 4.17. The molecule has 0 bridgehead atoms. The number of unbranched alkanes of at least 4 members (excludes halogenated alkanes) is 1. The van der Waals surface area contributed by atoms with Crippen LogP contribution in [0.5, 0.6) is 5.75 Å². The number of hydrogen-bond acceptors (Lipinski definition) is 8. The average Bonchev–Trinajstić information content (AvgIpc) is 2.99. The molecular weight excluding hydrogens is 538 g/mol. The summed E-state index contributed by atoms with van der Waals surface area (Å²) in [5.41, 5.74) is -0.0984. The van der Waals surface area contributed by atoms with Crippen LogP contribution in [0, 0.1) is 0 Å². The van der Waals surface area contributed by atoms with Gasteiger partial charge >= 0.3 is 17.9 Å². The summed E-state index contributed by atoms with van der Waals surface area (Å²) in [6, 6.07) is 22.0. The molecule has 0 fully saturated rings. The molecule has 1 amide bonds. The quantitative estimate of drug-likeness (QED) is 0.113. The summed E-state index contributed by atoms with van der Waals surface area (Å²) in [6.07, 6.45) is 1.75. The number of nitrogens with one attached hydrogen (secondary N) is 1. The van der Waals surface area contributed by atoms with Crippen molar-refractivity contribution < 1.29 is 38.1 Å². The highest BCUT2D eigenvalue weighted by atomic mass is 16.6. The van der Waals surface area contributed by atoms with Gasteiger partial charge < -0.3 is 24.3 Å². The van der Waals surface area contributed by atoms with Crippen molar-refractivity contribution in [1.82, 2.24) is 0 Å². The first-order chi connectivity index (χ1) is 20.3. The molecule has 0 heterocycles. The van der Waals surface area contributed by atoms with Gasteiger partial charge in [-0.15, -0.1) is 0 Å². The highest BCUT2D eigenvalue weighted by Gasteiger charge is 2.52. The number of anilines is 1. The topological polar surface area (TPSA) is 117 Å². The zero-order valence-electron chi connectivity index (χ0n) is 24.2. The molecule has 0 unspecified atom stereocenters. The van der Waals surface area contributed by atoms with Crippen LogP contribution in [0.25, 0.3) is 0 Å². The number of ether oxygens (including phenoxy) is 4. The fraction of sp³-hybridized carbons (Fsp3) is 0.333. The maximum Gasteiger partial charge on any atom is 0.331 e. The number of carbonyl (C=O) groups is 4. The van der Waals surface area contributed by atoms with E-state index in [2.05, 4.69) is 12.2 Å². The predicted molar refractivity (Wildman–Crippen MR) is 157 cm³/mol. The Hall–Kier alpha value is -4.66. The van der Waals surface area contributed by atoms with E-state index in [1.807, 2.05) is 6.07 Å². The summed E-state index contributed by atoms with van der Waals surface area (Å²) in [5.74, 6) is -2.18.